The van der Waals surface area contributed by atoms with Gasteiger partial charge >= 0.3 is 0 Å². The maximum Gasteiger partial charge on any atom is 0.245 e. The predicted octanol–water partition coefficient (Wildman–Crippen LogP) is -3.20. The van der Waals surface area contributed by atoms with Gasteiger partial charge in [-0.25, -0.2) is 0 Å². The van der Waals surface area contributed by atoms with E-state index in [9.17, 15) is 58.5 Å². The Morgan fingerprint density at radius 2 is 1.27 bits per heavy atom. The third-order valence-electron chi connectivity index (χ3n) is 12.5. The van der Waals surface area contributed by atoms with Gasteiger partial charge in [0.1, 0.15) is 53.8 Å². The first-order valence-corrected chi connectivity index (χ1v) is 28.0. The Hall–Kier alpha value is -7.66. The minimum absolute atomic E-state index is 0.0158. The second-order valence-corrected chi connectivity index (χ2v) is 22.4. The highest BCUT2D eigenvalue weighted by Gasteiger charge is 2.41. The van der Waals surface area contributed by atoms with Crippen LogP contribution < -0.4 is 71.2 Å². The fraction of sp³-hybridized carbons (Fsp3) is 0.462. The van der Waals surface area contributed by atoms with E-state index >= 15 is 0 Å². The van der Waals surface area contributed by atoms with Crippen molar-refractivity contribution in [1.29, 1.82) is 0 Å². The van der Waals surface area contributed by atoms with Crippen LogP contribution in [0.2, 0.25) is 0 Å². The number of hydrogen-bond donors (Lipinski definition) is 16. The van der Waals surface area contributed by atoms with Crippen LogP contribution in [0, 0.1) is 0 Å². The number of carbonyl (C=O) groups is 9. The molecule has 0 saturated carbocycles. The van der Waals surface area contributed by atoms with Crippen LogP contribution in [-0.4, -0.2) is 160 Å². The lowest BCUT2D eigenvalue weighted by Crippen LogP contribution is -2.62. The molecule has 1 saturated heterocycles. The molecule has 0 radical (unpaired) electrons. The van der Waals surface area contributed by atoms with Gasteiger partial charge in [0.2, 0.25) is 53.2 Å². The van der Waals surface area contributed by atoms with E-state index < -0.39 is 119 Å². The van der Waals surface area contributed by atoms with Gasteiger partial charge in [0.05, 0.1) is 19.2 Å². The van der Waals surface area contributed by atoms with E-state index in [1.807, 2.05) is 0 Å². The highest BCUT2D eigenvalue weighted by molar-refractivity contribution is 8.77. The highest BCUT2D eigenvalue weighted by atomic mass is 33.1. The van der Waals surface area contributed by atoms with E-state index in [0.717, 1.165) is 21.6 Å². The van der Waals surface area contributed by atoms with E-state index in [1.165, 1.54) is 36.4 Å². The van der Waals surface area contributed by atoms with Crippen LogP contribution in [0.25, 0.3) is 0 Å². The zero-order valence-electron chi connectivity index (χ0n) is 44.5. The number of amides is 9. The normalized spacial score (nSPS) is 20.6. The Labute approximate surface area is 470 Å². The number of carbonyl (C=O) groups excluding carboxylic acids is 9. The summed E-state index contributed by atoms with van der Waals surface area (Å²) in [7, 11) is 1.97. The topological polar surface area (TPSA) is 453 Å². The van der Waals surface area contributed by atoms with Crippen LogP contribution >= 0.6 is 21.6 Å². The van der Waals surface area contributed by atoms with E-state index in [0.29, 0.717) is 29.5 Å². The zero-order valence-corrected chi connectivity index (χ0v) is 46.1. The number of aliphatic hydroxyl groups excluding tert-OH is 1. The summed E-state index contributed by atoms with van der Waals surface area (Å²) in [5.74, 6) is -8.62. The number of nitrogens with two attached hydrogens (primary N) is 5. The minimum Gasteiger partial charge on any atom is -0.508 e. The summed E-state index contributed by atoms with van der Waals surface area (Å²) in [6, 6.07) is 8.72. The van der Waals surface area contributed by atoms with Gasteiger partial charge in [0, 0.05) is 29.9 Å². The van der Waals surface area contributed by atoms with Crippen molar-refractivity contribution in [3.63, 3.8) is 0 Å². The number of benzene rings is 3. The lowest BCUT2D eigenvalue weighted by molar-refractivity contribution is -0.135. The molecule has 1 aliphatic rings. The van der Waals surface area contributed by atoms with Gasteiger partial charge in [0.15, 0.2) is 5.96 Å². The van der Waals surface area contributed by atoms with Crippen LogP contribution in [0.5, 0.6) is 11.5 Å². The van der Waals surface area contributed by atoms with Crippen LogP contribution in [-0.2, 0) is 62.4 Å². The van der Waals surface area contributed by atoms with Gasteiger partial charge < -0.3 is 86.5 Å². The number of aromatic hydroxyl groups is 2. The molecule has 3 aromatic rings. The summed E-state index contributed by atoms with van der Waals surface area (Å²) < 4.78 is -1.38. The maximum absolute atomic E-state index is 14.8. The second-order valence-electron chi connectivity index (χ2n) is 19.4. The third kappa shape index (κ3) is 21.9. The number of primary amides is 1. The summed E-state index contributed by atoms with van der Waals surface area (Å²) >= 11 is 0. The second kappa shape index (κ2) is 32.4. The molecule has 4 rings (SSSR count). The molecular formula is C52H74N14O12S2. The lowest BCUT2D eigenvalue weighted by atomic mass is 9.99. The van der Waals surface area contributed by atoms with E-state index in [1.54, 1.807) is 56.3 Å². The first-order valence-electron chi connectivity index (χ1n) is 25.7. The number of nitrogens with one attached hydrogen (secondary N) is 8. The van der Waals surface area contributed by atoms with Crippen LogP contribution in [0.1, 0.15) is 62.6 Å². The smallest absolute Gasteiger partial charge is 0.245 e. The van der Waals surface area contributed by atoms with Crippen molar-refractivity contribution < 1.29 is 58.5 Å². The van der Waals surface area contributed by atoms with Gasteiger partial charge in [-0.3, -0.25) is 48.1 Å². The number of aliphatic imine (C=N–C) groups is 1. The van der Waals surface area contributed by atoms with Crippen LogP contribution in [0.15, 0.2) is 83.9 Å². The third-order valence-corrected chi connectivity index (χ3v) is 15.8. The minimum atomic E-state index is -1.68. The molecule has 1 aliphatic heterocycles. The number of phenols is 2. The van der Waals surface area contributed by atoms with Gasteiger partial charge in [-0.15, -0.1) is 0 Å². The Balaban J connectivity index is 1.79. The molecule has 8 atom stereocenters. The summed E-state index contributed by atoms with van der Waals surface area (Å²) in [5.41, 5.74) is 30.3. The summed E-state index contributed by atoms with van der Waals surface area (Å²) in [6.45, 7) is 1.81. The van der Waals surface area contributed by atoms with Gasteiger partial charge in [0.25, 0.3) is 0 Å². The molecule has 1 heterocycles. The number of aliphatic hydroxyl groups is 1. The first-order chi connectivity index (χ1) is 38.0. The molecule has 0 spiro atoms. The Bertz CT molecular complexity index is 2610. The molecule has 21 N–H and O–H groups in total. The Kier molecular flexibility index (Phi) is 26.3. The van der Waals surface area contributed by atoms with E-state index in [4.69, 9.17) is 28.7 Å². The summed E-state index contributed by atoms with van der Waals surface area (Å²) in [5, 5.41) is 50.9. The van der Waals surface area contributed by atoms with Crippen molar-refractivity contribution in [1.82, 2.24) is 42.5 Å². The molecule has 3 aromatic carbocycles. The molecule has 28 heteroatoms. The Morgan fingerprint density at radius 3 is 1.88 bits per heavy atom. The average molecular weight is 1150 g/mol. The summed E-state index contributed by atoms with van der Waals surface area (Å²) in [6.07, 6.45) is 0.674. The number of nitrogens with zero attached hydrogens (tertiary/aromatic N) is 1. The number of unbranched alkanes of at least 4 members (excludes halogenated alkanes) is 1. The average Bonchev–Trinajstić information content (AvgIpc) is 3.45. The van der Waals surface area contributed by atoms with Crippen molar-refractivity contribution in [2.75, 3.05) is 32.0 Å². The molecule has 1 fully saturated rings. The van der Waals surface area contributed by atoms with Gasteiger partial charge in [-0.2, -0.15) is 0 Å². The quantitative estimate of drug-likeness (QED) is 0.0204. The van der Waals surface area contributed by atoms with Crippen molar-refractivity contribution in [3.05, 3.63) is 95.6 Å². The maximum atomic E-state index is 14.8. The molecule has 0 aromatic heterocycles. The predicted molar refractivity (Wildman–Crippen MR) is 301 cm³/mol. The van der Waals surface area contributed by atoms with E-state index in [2.05, 4.69) is 47.5 Å². The number of guanidine groups is 1. The molecule has 0 bridgehead atoms. The molecule has 1 unspecified atom stereocenters. The zero-order chi connectivity index (χ0) is 58.9. The fourth-order valence-electron chi connectivity index (χ4n) is 8.03. The number of rotatable bonds is 22. The van der Waals surface area contributed by atoms with Gasteiger partial charge in [-0.05, 0) is 99.9 Å². The molecule has 436 valence electrons. The lowest BCUT2D eigenvalue weighted by Gasteiger charge is -2.35. The first kappa shape index (κ1) is 64.9. The standard InChI is InChI=1S/C52H74N14O12S2/c1-52(2)42(66-44(72)34(54)23-30-13-17-32(68)18-14-30)50(78)64-37(25-31-15-19-33(69)20-16-31)45(73)59-26-41(70)60-39(27-67)48(76)63-38(24-29-9-4-3-5-10-29)47(75)65-40(28-79-80-52)49(77)62-36(11-6-7-21-53)46(74)61-35(43(55)71)12-8-22-58-51(56)57/h3-5,9-10,13-20,34-40,42,67-69H,6-8,11-12,21-28,53-54H2,1-2H3,(H2,55,71)(H,59,73)(H,60,70)(H,61,74)(H,62,77)(H,63,76)(H,64,78)(H,65,75)(H,66,72)(H4,56,57,58)/t34-,35-,36-,37-,38-,39-,40?,42+/m0/s1. The van der Waals surface area contributed by atoms with Crippen LogP contribution in [0.3, 0.4) is 0 Å². The van der Waals surface area contributed by atoms with Crippen LogP contribution in [0.4, 0.5) is 0 Å². The van der Waals surface area contributed by atoms with Crippen molar-refractivity contribution >= 4 is 80.7 Å². The van der Waals surface area contributed by atoms with Crippen molar-refractivity contribution in [2.45, 2.75) is 118 Å². The molecule has 26 nitrogen and oxygen atoms in total. The molecule has 0 aliphatic carbocycles. The van der Waals surface area contributed by atoms with Crippen molar-refractivity contribution in [3.8, 4) is 11.5 Å². The molecular weight excluding hydrogens is 1080 g/mol. The highest BCUT2D eigenvalue weighted by Crippen LogP contribution is 2.39. The largest absolute Gasteiger partial charge is 0.508 e. The number of hydrogen-bond acceptors (Lipinski definition) is 17. The van der Waals surface area contributed by atoms with E-state index in [-0.39, 0.29) is 74.8 Å². The molecule has 9 amide bonds. The number of phenolic OH excluding ortho intramolecular Hbond substituents is 2. The summed E-state index contributed by atoms with van der Waals surface area (Å²) in [4.78, 5) is 130. The Morgan fingerprint density at radius 1 is 0.700 bits per heavy atom. The van der Waals surface area contributed by atoms with Gasteiger partial charge in [-0.1, -0.05) is 76.2 Å². The van der Waals surface area contributed by atoms with Crippen molar-refractivity contribution in [2.24, 2.45) is 33.7 Å². The molecule has 80 heavy (non-hydrogen) atoms. The fourth-order valence-corrected chi connectivity index (χ4v) is 10.8. The SMILES string of the molecule is CC1(C)SSCC(C(=O)N[C@@H](CCCCN)C(=O)N[C@@H](CCCN=C(N)N)C(N)=O)NC(=O)[C@H](Cc2ccccc2)NC(=O)[C@H](CO)NC(=O)CNC(=O)[C@H](Cc2ccc(O)cc2)NC(=O)[C@H]1NC(=O)[C@@H](N)Cc1ccc(O)cc1. The monoisotopic (exact) mass is 1150 g/mol.